The lowest BCUT2D eigenvalue weighted by Gasteiger charge is -2.24. The number of hydrogen-bond donors (Lipinski definition) is 1. The summed E-state index contributed by atoms with van der Waals surface area (Å²) in [4.78, 5) is 2.42. The quantitative estimate of drug-likeness (QED) is 0.662. The topological polar surface area (TPSA) is 3.24 Å². The molecule has 0 aromatic heterocycles. The first-order valence-corrected chi connectivity index (χ1v) is 5.39. The van der Waals surface area contributed by atoms with Crippen LogP contribution in [0.1, 0.15) is 32.6 Å². The van der Waals surface area contributed by atoms with Gasteiger partial charge in [-0.25, -0.2) is 0 Å². The summed E-state index contributed by atoms with van der Waals surface area (Å²) in [6, 6.07) is 0. The Labute approximate surface area is 81.2 Å². The third-order valence-corrected chi connectivity index (χ3v) is 2.39. The van der Waals surface area contributed by atoms with Crippen LogP contribution in [0.5, 0.6) is 0 Å². The molecule has 0 bridgehead atoms. The van der Waals surface area contributed by atoms with Crippen molar-refractivity contribution in [1.29, 1.82) is 0 Å². The van der Waals surface area contributed by atoms with Gasteiger partial charge in [0.05, 0.1) is 0 Å². The molecule has 1 aliphatic rings. The minimum atomic E-state index is 0.492. The highest BCUT2D eigenvalue weighted by Gasteiger charge is 2.04. The van der Waals surface area contributed by atoms with E-state index in [4.69, 9.17) is 0 Å². The number of rotatable bonds is 3. The number of likely N-dealkylation sites (tertiary alicyclic amines) is 1. The van der Waals surface area contributed by atoms with E-state index < -0.39 is 0 Å². The zero-order chi connectivity index (χ0) is 8.81. The van der Waals surface area contributed by atoms with E-state index in [0.717, 1.165) is 6.42 Å². The summed E-state index contributed by atoms with van der Waals surface area (Å²) in [5.74, 6) is 0. The highest BCUT2D eigenvalue weighted by Crippen LogP contribution is 2.09. The van der Waals surface area contributed by atoms with Gasteiger partial charge in [-0.05, 0) is 31.9 Å². The highest BCUT2D eigenvalue weighted by molar-refractivity contribution is 7.80. The molecule has 12 heavy (non-hydrogen) atoms. The van der Waals surface area contributed by atoms with E-state index in [1.807, 2.05) is 0 Å². The predicted octanol–water partition coefficient (Wildman–Crippen LogP) is 2.69. The molecule has 1 nitrogen and oxygen atoms in total. The van der Waals surface area contributed by atoms with Crippen molar-refractivity contribution in [3.8, 4) is 0 Å². The maximum absolute atomic E-state index is 4.33. The van der Waals surface area contributed by atoms with Crippen LogP contribution < -0.4 is 0 Å². The summed E-state index contributed by atoms with van der Waals surface area (Å²) in [5, 5.41) is 0.492. The van der Waals surface area contributed by atoms with Crippen molar-refractivity contribution in [2.75, 3.05) is 13.1 Å². The molecule has 0 aliphatic carbocycles. The minimum Gasteiger partial charge on any atom is -0.378 e. The molecule has 0 N–H and O–H groups in total. The second kappa shape index (κ2) is 5.52. The first-order chi connectivity index (χ1) is 5.79. The van der Waals surface area contributed by atoms with Gasteiger partial charge >= 0.3 is 0 Å². The largest absolute Gasteiger partial charge is 0.378 e. The van der Waals surface area contributed by atoms with Crippen molar-refractivity contribution in [2.24, 2.45) is 0 Å². The maximum Gasteiger partial charge on any atom is 0.0172 e. The number of hydrogen-bond acceptors (Lipinski definition) is 2. The van der Waals surface area contributed by atoms with Gasteiger partial charge in [-0.1, -0.05) is 13.0 Å². The lowest BCUT2D eigenvalue weighted by atomic mass is 10.1. The molecule has 0 radical (unpaired) electrons. The van der Waals surface area contributed by atoms with Gasteiger partial charge in [0.15, 0.2) is 0 Å². The zero-order valence-electron chi connectivity index (χ0n) is 7.87. The minimum absolute atomic E-state index is 0.492. The second-order valence-corrected chi connectivity index (χ2v) is 4.45. The Balaban J connectivity index is 2.15. The molecule has 0 amide bonds. The van der Waals surface area contributed by atoms with Crippen molar-refractivity contribution in [1.82, 2.24) is 4.90 Å². The molecule has 0 aromatic carbocycles. The molecular formula is C10H19NS. The van der Waals surface area contributed by atoms with Crippen LogP contribution in [0.2, 0.25) is 0 Å². The molecule has 1 rings (SSSR count). The van der Waals surface area contributed by atoms with E-state index in [9.17, 15) is 0 Å². The van der Waals surface area contributed by atoms with Gasteiger partial charge in [-0.2, -0.15) is 12.6 Å². The summed E-state index contributed by atoms with van der Waals surface area (Å²) >= 11 is 4.33. The van der Waals surface area contributed by atoms with Crippen LogP contribution in [0.4, 0.5) is 0 Å². The number of thiol groups is 1. The summed E-state index contributed by atoms with van der Waals surface area (Å²) in [7, 11) is 0. The fourth-order valence-corrected chi connectivity index (χ4v) is 1.60. The SMILES string of the molecule is CC(S)C/C=C/N1CCCCC1. The van der Waals surface area contributed by atoms with Crippen molar-refractivity contribution in [3.05, 3.63) is 12.3 Å². The molecule has 1 atom stereocenters. The Hall–Kier alpha value is -0.110. The van der Waals surface area contributed by atoms with E-state index in [-0.39, 0.29) is 0 Å². The molecule has 70 valence electrons. The standard InChI is InChI=1S/C10H19NS/c1-10(12)6-5-9-11-7-3-2-4-8-11/h5,9-10,12H,2-4,6-8H2,1H3/b9-5+. The van der Waals surface area contributed by atoms with Gasteiger partial charge in [0.1, 0.15) is 0 Å². The average Bonchev–Trinajstić information content (AvgIpc) is 2.05. The van der Waals surface area contributed by atoms with E-state index in [1.54, 1.807) is 0 Å². The van der Waals surface area contributed by atoms with Crippen LogP contribution in [-0.4, -0.2) is 23.2 Å². The Kier molecular flexibility index (Phi) is 4.59. The van der Waals surface area contributed by atoms with Crippen molar-refractivity contribution in [3.63, 3.8) is 0 Å². The van der Waals surface area contributed by atoms with Crippen LogP contribution >= 0.6 is 12.6 Å². The Bertz CT molecular complexity index is 137. The van der Waals surface area contributed by atoms with E-state index in [2.05, 4.69) is 36.7 Å². The zero-order valence-corrected chi connectivity index (χ0v) is 8.76. The molecule has 2 heteroatoms. The van der Waals surface area contributed by atoms with Crippen molar-refractivity contribution in [2.45, 2.75) is 37.9 Å². The van der Waals surface area contributed by atoms with Gasteiger partial charge in [-0.3, -0.25) is 0 Å². The summed E-state index contributed by atoms with van der Waals surface area (Å²) in [6.07, 6.45) is 9.70. The Morgan fingerprint density at radius 1 is 1.33 bits per heavy atom. The smallest absolute Gasteiger partial charge is 0.0172 e. The maximum atomic E-state index is 4.33. The number of piperidine rings is 1. The van der Waals surface area contributed by atoms with Crippen LogP contribution in [0.3, 0.4) is 0 Å². The van der Waals surface area contributed by atoms with E-state index in [0.29, 0.717) is 5.25 Å². The summed E-state index contributed by atoms with van der Waals surface area (Å²) < 4.78 is 0. The first-order valence-electron chi connectivity index (χ1n) is 4.88. The molecule has 0 saturated carbocycles. The summed E-state index contributed by atoms with van der Waals surface area (Å²) in [6.45, 7) is 4.62. The molecule has 1 fully saturated rings. The van der Waals surface area contributed by atoms with Gasteiger partial charge in [0.25, 0.3) is 0 Å². The molecule has 0 spiro atoms. The van der Waals surface area contributed by atoms with Crippen LogP contribution in [-0.2, 0) is 0 Å². The van der Waals surface area contributed by atoms with Crippen LogP contribution in [0, 0.1) is 0 Å². The van der Waals surface area contributed by atoms with E-state index >= 15 is 0 Å². The van der Waals surface area contributed by atoms with Crippen molar-refractivity contribution >= 4 is 12.6 Å². The normalized spacial score (nSPS) is 21.7. The fourth-order valence-electron chi connectivity index (χ4n) is 1.47. The molecule has 1 heterocycles. The van der Waals surface area contributed by atoms with Gasteiger partial charge in [0.2, 0.25) is 0 Å². The monoisotopic (exact) mass is 185 g/mol. The Morgan fingerprint density at radius 3 is 2.58 bits per heavy atom. The fraction of sp³-hybridized carbons (Fsp3) is 0.800. The lowest BCUT2D eigenvalue weighted by molar-refractivity contribution is 0.309. The molecule has 0 aromatic rings. The van der Waals surface area contributed by atoms with Gasteiger partial charge in [-0.15, -0.1) is 0 Å². The number of nitrogens with zero attached hydrogens (tertiary/aromatic N) is 1. The molecule has 1 unspecified atom stereocenters. The average molecular weight is 185 g/mol. The Morgan fingerprint density at radius 2 is 2.00 bits per heavy atom. The van der Waals surface area contributed by atoms with Gasteiger partial charge in [0, 0.05) is 18.3 Å². The van der Waals surface area contributed by atoms with Gasteiger partial charge < -0.3 is 4.90 Å². The third-order valence-electron chi connectivity index (χ3n) is 2.18. The predicted molar refractivity (Wildman–Crippen MR) is 57.6 cm³/mol. The highest BCUT2D eigenvalue weighted by atomic mass is 32.1. The number of allylic oxidation sites excluding steroid dienone is 1. The molecular weight excluding hydrogens is 166 g/mol. The third kappa shape index (κ3) is 4.05. The van der Waals surface area contributed by atoms with Crippen LogP contribution in [0.25, 0.3) is 0 Å². The second-order valence-electron chi connectivity index (χ2n) is 3.57. The van der Waals surface area contributed by atoms with Crippen molar-refractivity contribution < 1.29 is 0 Å². The first kappa shape index (κ1) is 9.97. The summed E-state index contributed by atoms with van der Waals surface area (Å²) in [5.41, 5.74) is 0. The van der Waals surface area contributed by atoms with Crippen LogP contribution in [0.15, 0.2) is 12.3 Å². The van der Waals surface area contributed by atoms with E-state index in [1.165, 1.54) is 32.4 Å². The molecule has 1 aliphatic heterocycles. The lowest BCUT2D eigenvalue weighted by Crippen LogP contribution is -2.24. The molecule has 1 saturated heterocycles.